The van der Waals surface area contributed by atoms with Gasteiger partial charge in [0.15, 0.2) is 0 Å². The maximum atomic E-state index is 13.2. The Morgan fingerprint density at radius 2 is 1.45 bits per heavy atom. The first-order valence-corrected chi connectivity index (χ1v) is 11.3. The maximum Gasteiger partial charge on any atom is 0.225 e. The van der Waals surface area contributed by atoms with E-state index in [0.29, 0.717) is 5.92 Å². The molecule has 4 rings (SSSR count). The highest BCUT2D eigenvalue weighted by Gasteiger charge is 2.42. The fourth-order valence-corrected chi connectivity index (χ4v) is 5.32. The summed E-state index contributed by atoms with van der Waals surface area (Å²) >= 11 is 0. The molecule has 2 aliphatic rings. The van der Waals surface area contributed by atoms with Crippen molar-refractivity contribution in [2.75, 3.05) is 13.1 Å². The van der Waals surface area contributed by atoms with E-state index in [4.69, 9.17) is 0 Å². The predicted octanol–water partition coefficient (Wildman–Crippen LogP) is 5.25. The van der Waals surface area contributed by atoms with Gasteiger partial charge in [0.05, 0.1) is 6.42 Å². The van der Waals surface area contributed by atoms with Crippen LogP contribution in [0.5, 0.6) is 0 Å². The van der Waals surface area contributed by atoms with Crippen molar-refractivity contribution in [3.05, 3.63) is 71.8 Å². The summed E-state index contributed by atoms with van der Waals surface area (Å²) < 4.78 is 0. The highest BCUT2D eigenvalue weighted by Crippen LogP contribution is 2.42. The lowest BCUT2D eigenvalue weighted by Gasteiger charge is -2.41. The van der Waals surface area contributed by atoms with Gasteiger partial charge in [0, 0.05) is 13.1 Å². The first-order valence-electron chi connectivity index (χ1n) is 11.3. The van der Waals surface area contributed by atoms with Gasteiger partial charge in [-0.3, -0.25) is 4.79 Å². The molecule has 1 saturated carbocycles. The van der Waals surface area contributed by atoms with Crippen LogP contribution in [0.4, 0.5) is 0 Å². The Hall–Kier alpha value is -2.13. The van der Waals surface area contributed by atoms with E-state index in [-0.39, 0.29) is 18.2 Å². The van der Waals surface area contributed by atoms with Gasteiger partial charge in [-0.15, -0.1) is 0 Å². The normalized spacial score (nSPS) is 20.9. The van der Waals surface area contributed by atoms with E-state index in [1.807, 2.05) is 35.2 Å². The van der Waals surface area contributed by atoms with Crippen LogP contribution in [-0.2, 0) is 10.4 Å². The van der Waals surface area contributed by atoms with E-state index in [1.54, 1.807) is 0 Å². The minimum Gasteiger partial charge on any atom is -0.384 e. The second-order valence-corrected chi connectivity index (χ2v) is 8.87. The zero-order chi connectivity index (χ0) is 20.1. The molecule has 0 aromatic heterocycles. The number of hydrogen-bond acceptors (Lipinski definition) is 2. The van der Waals surface area contributed by atoms with Crippen LogP contribution in [0.25, 0.3) is 0 Å². The summed E-state index contributed by atoms with van der Waals surface area (Å²) in [5, 5.41) is 11.8. The number of rotatable bonds is 5. The van der Waals surface area contributed by atoms with Crippen molar-refractivity contribution in [1.29, 1.82) is 0 Å². The third kappa shape index (κ3) is 4.56. The van der Waals surface area contributed by atoms with Crippen LogP contribution in [0.15, 0.2) is 60.7 Å². The smallest absolute Gasteiger partial charge is 0.225 e. The zero-order valence-corrected chi connectivity index (χ0v) is 17.3. The van der Waals surface area contributed by atoms with Crippen LogP contribution in [0.1, 0.15) is 68.4 Å². The summed E-state index contributed by atoms with van der Waals surface area (Å²) in [4.78, 5) is 15.2. The van der Waals surface area contributed by atoms with E-state index >= 15 is 0 Å². The molecule has 29 heavy (non-hydrogen) atoms. The molecule has 3 heteroatoms. The summed E-state index contributed by atoms with van der Waals surface area (Å²) in [5.74, 6) is 0.810. The summed E-state index contributed by atoms with van der Waals surface area (Å²) in [6.07, 6.45) is 7.77. The molecule has 3 nitrogen and oxygen atoms in total. The molecule has 0 radical (unpaired) electrons. The van der Waals surface area contributed by atoms with Gasteiger partial charge in [-0.25, -0.2) is 0 Å². The summed E-state index contributed by atoms with van der Waals surface area (Å²) in [5.41, 5.74) is 1.23. The van der Waals surface area contributed by atoms with Crippen molar-refractivity contribution in [2.24, 2.45) is 5.92 Å². The number of hydrogen-bond donors (Lipinski definition) is 1. The number of aliphatic hydroxyl groups is 1. The second kappa shape index (κ2) is 9.13. The fraction of sp³-hybridized carbons (Fsp3) is 0.500. The Kier molecular flexibility index (Phi) is 6.34. The monoisotopic (exact) mass is 391 g/mol. The molecule has 1 N–H and O–H groups in total. The Morgan fingerprint density at radius 1 is 0.862 bits per heavy atom. The second-order valence-electron chi connectivity index (χ2n) is 8.87. The van der Waals surface area contributed by atoms with E-state index < -0.39 is 5.60 Å². The van der Waals surface area contributed by atoms with Gasteiger partial charge in [0.25, 0.3) is 0 Å². The highest BCUT2D eigenvalue weighted by molar-refractivity contribution is 5.77. The molecule has 1 amide bonds. The van der Waals surface area contributed by atoms with Crippen LogP contribution in [-0.4, -0.2) is 29.0 Å². The molecule has 1 atom stereocenters. The third-order valence-corrected chi connectivity index (χ3v) is 7.09. The lowest BCUT2D eigenvalue weighted by atomic mass is 9.71. The van der Waals surface area contributed by atoms with Crippen LogP contribution in [0, 0.1) is 5.92 Å². The topological polar surface area (TPSA) is 40.5 Å². The molecule has 2 fully saturated rings. The van der Waals surface area contributed by atoms with E-state index in [9.17, 15) is 9.90 Å². The van der Waals surface area contributed by atoms with Crippen molar-refractivity contribution in [2.45, 2.75) is 62.9 Å². The molecule has 1 heterocycles. The molecular weight excluding hydrogens is 358 g/mol. The molecule has 1 aliphatic heterocycles. The number of benzene rings is 2. The van der Waals surface area contributed by atoms with Gasteiger partial charge in [-0.2, -0.15) is 0 Å². The largest absolute Gasteiger partial charge is 0.384 e. The Balaban J connectivity index is 1.44. The lowest BCUT2D eigenvalue weighted by molar-refractivity contribution is -0.142. The Labute approximate surface area is 174 Å². The molecule has 1 saturated heterocycles. The highest BCUT2D eigenvalue weighted by atomic mass is 16.3. The Bertz CT molecular complexity index is 777. The molecule has 2 aromatic rings. The summed E-state index contributed by atoms with van der Waals surface area (Å²) in [7, 11) is 0. The molecule has 0 spiro atoms. The standard InChI is InChI=1S/C26H33NO2/c28-25(27-18-16-22(17-19-27)21-10-4-1-5-11-21)20-26(29,23-12-6-2-7-13-23)24-14-8-3-9-15-24/h1-2,4-7,10-13,22,24,29H,3,8-9,14-20H2. The van der Waals surface area contributed by atoms with Crippen LogP contribution in [0.3, 0.4) is 0 Å². The number of amides is 1. The average Bonchev–Trinajstić information content (AvgIpc) is 2.81. The van der Waals surface area contributed by atoms with Crippen molar-refractivity contribution in [1.82, 2.24) is 4.90 Å². The van der Waals surface area contributed by atoms with Gasteiger partial charge in [0.2, 0.25) is 5.91 Å². The van der Waals surface area contributed by atoms with Crippen molar-refractivity contribution < 1.29 is 9.90 Å². The quantitative estimate of drug-likeness (QED) is 0.756. The molecule has 2 aromatic carbocycles. The number of carbonyl (C=O) groups excluding carboxylic acids is 1. The first kappa shape index (κ1) is 20.2. The molecular formula is C26H33NO2. The van der Waals surface area contributed by atoms with Crippen LogP contribution in [0.2, 0.25) is 0 Å². The number of nitrogens with zero attached hydrogens (tertiary/aromatic N) is 1. The minimum absolute atomic E-state index is 0.105. The fourth-order valence-electron chi connectivity index (χ4n) is 5.32. The SMILES string of the molecule is O=C(CC(O)(c1ccccc1)C1CCCCC1)N1CCC(c2ccccc2)CC1. The van der Waals surface area contributed by atoms with Gasteiger partial charge in [0.1, 0.15) is 5.60 Å². The number of likely N-dealkylation sites (tertiary alicyclic amines) is 1. The number of carbonyl (C=O) groups is 1. The van der Waals surface area contributed by atoms with Crippen LogP contribution >= 0.6 is 0 Å². The number of piperidine rings is 1. The van der Waals surface area contributed by atoms with Gasteiger partial charge in [-0.1, -0.05) is 79.9 Å². The zero-order valence-electron chi connectivity index (χ0n) is 17.3. The summed E-state index contributed by atoms with van der Waals surface area (Å²) in [6.45, 7) is 1.57. The third-order valence-electron chi connectivity index (χ3n) is 7.09. The van der Waals surface area contributed by atoms with E-state index in [2.05, 4.69) is 30.3 Å². The van der Waals surface area contributed by atoms with Crippen molar-refractivity contribution >= 4 is 5.91 Å². The predicted molar refractivity (Wildman–Crippen MR) is 117 cm³/mol. The minimum atomic E-state index is -1.05. The molecule has 0 bridgehead atoms. The van der Waals surface area contributed by atoms with Crippen LogP contribution < -0.4 is 0 Å². The van der Waals surface area contributed by atoms with Crippen molar-refractivity contribution in [3.63, 3.8) is 0 Å². The molecule has 1 unspecified atom stereocenters. The van der Waals surface area contributed by atoms with Crippen molar-refractivity contribution in [3.8, 4) is 0 Å². The average molecular weight is 392 g/mol. The first-order chi connectivity index (χ1) is 14.2. The molecule has 154 valence electrons. The van der Waals surface area contributed by atoms with Gasteiger partial charge < -0.3 is 10.0 Å². The Morgan fingerprint density at radius 3 is 2.07 bits per heavy atom. The van der Waals surface area contributed by atoms with Gasteiger partial charge >= 0.3 is 0 Å². The summed E-state index contributed by atoms with van der Waals surface area (Å²) in [6, 6.07) is 20.5. The lowest BCUT2D eigenvalue weighted by Crippen LogP contribution is -2.45. The van der Waals surface area contributed by atoms with Gasteiger partial charge in [-0.05, 0) is 48.6 Å². The van der Waals surface area contributed by atoms with E-state index in [0.717, 1.165) is 57.2 Å². The van der Waals surface area contributed by atoms with E-state index in [1.165, 1.54) is 12.0 Å². The maximum absolute atomic E-state index is 13.2. The molecule has 1 aliphatic carbocycles.